The van der Waals surface area contributed by atoms with Gasteiger partial charge in [0.1, 0.15) is 0 Å². The fraction of sp³-hybridized carbons (Fsp3) is 0.250. The molecule has 16 heavy (non-hydrogen) atoms. The van der Waals surface area contributed by atoms with E-state index in [2.05, 4.69) is 11.8 Å². The Morgan fingerprint density at radius 2 is 2.31 bits per heavy atom. The fourth-order valence-corrected chi connectivity index (χ4v) is 2.92. The Hall–Kier alpha value is -1.42. The van der Waals surface area contributed by atoms with Gasteiger partial charge in [0, 0.05) is 23.2 Å². The van der Waals surface area contributed by atoms with Gasteiger partial charge in [-0.1, -0.05) is 11.8 Å². The molecule has 1 aliphatic rings. The third-order valence-electron chi connectivity index (χ3n) is 2.40. The quantitative estimate of drug-likeness (QED) is 0.631. The van der Waals surface area contributed by atoms with Crippen LogP contribution in [-0.2, 0) is 4.79 Å². The van der Waals surface area contributed by atoms with E-state index >= 15 is 0 Å². The van der Waals surface area contributed by atoms with Crippen molar-refractivity contribution in [3.63, 3.8) is 0 Å². The molecule has 0 saturated carbocycles. The number of carbonyl (C=O) groups is 1. The largest absolute Gasteiger partial charge is 0.399 e. The number of benzene rings is 1. The van der Waals surface area contributed by atoms with Gasteiger partial charge in [-0.05, 0) is 32.0 Å². The molecule has 0 aliphatic carbocycles. The molecule has 4 heteroatoms. The summed E-state index contributed by atoms with van der Waals surface area (Å²) in [7, 11) is 0. The van der Waals surface area contributed by atoms with Crippen molar-refractivity contribution in [1.29, 1.82) is 0 Å². The van der Waals surface area contributed by atoms with Crippen molar-refractivity contribution in [1.82, 2.24) is 0 Å². The average Bonchev–Trinajstić information content (AvgIpc) is 2.53. The lowest BCUT2D eigenvalue weighted by Crippen LogP contribution is -2.17. The number of fused-ring (bicyclic) bond motifs is 1. The Bertz CT molecular complexity index is 468. The van der Waals surface area contributed by atoms with Crippen LogP contribution in [0.2, 0.25) is 0 Å². The number of allylic oxidation sites excluding steroid dienone is 1. The Morgan fingerprint density at radius 1 is 1.56 bits per heavy atom. The molecule has 0 saturated heterocycles. The standard InChI is InChI=1S/C12H14N2OS/c1-3-14-10-7-9(13)4-5-11(10)16-12(14)6-8(2)15/h4-7H,3,13H2,1-2H3/b12-6-. The maximum Gasteiger partial charge on any atom is 0.155 e. The Labute approximate surface area is 99.3 Å². The van der Waals surface area contributed by atoms with Gasteiger partial charge in [-0.2, -0.15) is 0 Å². The second kappa shape index (κ2) is 4.22. The highest BCUT2D eigenvalue weighted by Crippen LogP contribution is 2.46. The number of anilines is 2. The first-order valence-electron chi connectivity index (χ1n) is 5.19. The highest BCUT2D eigenvalue weighted by atomic mass is 32.2. The molecule has 0 radical (unpaired) electrons. The van der Waals surface area contributed by atoms with Gasteiger partial charge in [0.15, 0.2) is 5.78 Å². The number of nitrogens with two attached hydrogens (primary N) is 1. The van der Waals surface area contributed by atoms with Crippen molar-refractivity contribution in [2.45, 2.75) is 18.7 Å². The highest BCUT2D eigenvalue weighted by molar-refractivity contribution is 8.03. The molecular formula is C12H14N2OS. The summed E-state index contributed by atoms with van der Waals surface area (Å²) >= 11 is 1.62. The summed E-state index contributed by atoms with van der Waals surface area (Å²) in [5.74, 6) is 0.0710. The van der Waals surface area contributed by atoms with E-state index < -0.39 is 0 Å². The molecule has 0 spiro atoms. The third kappa shape index (κ3) is 1.93. The van der Waals surface area contributed by atoms with Gasteiger partial charge in [0.05, 0.1) is 10.7 Å². The Kier molecular flexibility index (Phi) is 2.92. The molecule has 1 aliphatic heterocycles. The molecule has 2 N–H and O–H groups in total. The van der Waals surface area contributed by atoms with Crippen LogP contribution in [0.25, 0.3) is 0 Å². The van der Waals surface area contributed by atoms with Crippen molar-refractivity contribution in [3.05, 3.63) is 29.3 Å². The summed E-state index contributed by atoms with van der Waals surface area (Å²) in [6.07, 6.45) is 1.67. The van der Waals surface area contributed by atoms with E-state index in [1.54, 1.807) is 24.8 Å². The van der Waals surface area contributed by atoms with Crippen molar-refractivity contribution in [3.8, 4) is 0 Å². The zero-order valence-electron chi connectivity index (χ0n) is 9.36. The summed E-state index contributed by atoms with van der Waals surface area (Å²) in [5, 5.41) is 0.982. The van der Waals surface area contributed by atoms with Gasteiger partial charge in [-0.3, -0.25) is 4.79 Å². The monoisotopic (exact) mass is 234 g/mol. The number of nitrogen functional groups attached to an aromatic ring is 1. The third-order valence-corrected chi connectivity index (χ3v) is 3.51. The van der Waals surface area contributed by atoms with Crippen LogP contribution in [0.3, 0.4) is 0 Å². The predicted octanol–water partition coefficient (Wildman–Crippen LogP) is 2.63. The maximum absolute atomic E-state index is 11.1. The van der Waals surface area contributed by atoms with Crippen LogP contribution < -0.4 is 10.6 Å². The molecule has 1 aromatic rings. The molecule has 0 atom stereocenters. The summed E-state index contributed by atoms with van der Waals surface area (Å²) in [4.78, 5) is 14.4. The van der Waals surface area contributed by atoms with Crippen LogP contribution in [0.5, 0.6) is 0 Å². The second-order valence-electron chi connectivity index (χ2n) is 3.67. The SMILES string of the molecule is CCN1/C(=C/C(C)=O)Sc2ccc(N)cc21. The van der Waals surface area contributed by atoms with E-state index in [-0.39, 0.29) is 5.78 Å². The molecular weight excluding hydrogens is 220 g/mol. The summed E-state index contributed by atoms with van der Waals surface area (Å²) in [6, 6.07) is 5.84. The summed E-state index contributed by atoms with van der Waals surface area (Å²) in [5.41, 5.74) is 7.62. The van der Waals surface area contributed by atoms with Gasteiger partial charge in [0.25, 0.3) is 0 Å². The first kappa shape index (κ1) is 11.1. The molecule has 84 valence electrons. The minimum absolute atomic E-state index is 0.0710. The van der Waals surface area contributed by atoms with E-state index in [0.717, 1.165) is 27.8 Å². The minimum atomic E-state index is 0.0710. The van der Waals surface area contributed by atoms with Crippen LogP contribution in [-0.4, -0.2) is 12.3 Å². The molecule has 1 aromatic carbocycles. The van der Waals surface area contributed by atoms with E-state index in [4.69, 9.17) is 5.73 Å². The average molecular weight is 234 g/mol. The lowest BCUT2D eigenvalue weighted by Gasteiger charge is -2.17. The smallest absolute Gasteiger partial charge is 0.155 e. The molecule has 3 nitrogen and oxygen atoms in total. The zero-order valence-corrected chi connectivity index (χ0v) is 10.2. The molecule has 0 bridgehead atoms. The van der Waals surface area contributed by atoms with Crippen molar-refractivity contribution in [2.24, 2.45) is 0 Å². The van der Waals surface area contributed by atoms with Crippen LogP contribution in [0, 0.1) is 0 Å². The number of nitrogens with zero attached hydrogens (tertiary/aromatic N) is 1. The van der Waals surface area contributed by atoms with Gasteiger partial charge in [-0.15, -0.1) is 0 Å². The van der Waals surface area contributed by atoms with Crippen molar-refractivity contribution >= 4 is 28.9 Å². The number of carbonyl (C=O) groups excluding carboxylic acids is 1. The summed E-state index contributed by atoms with van der Waals surface area (Å²) < 4.78 is 0. The van der Waals surface area contributed by atoms with Gasteiger partial charge >= 0.3 is 0 Å². The number of ketones is 1. The Balaban J connectivity index is 2.44. The first-order chi connectivity index (χ1) is 7.61. The number of hydrogen-bond acceptors (Lipinski definition) is 4. The lowest BCUT2D eigenvalue weighted by atomic mass is 10.2. The number of rotatable bonds is 2. The molecule has 0 unspecified atom stereocenters. The van der Waals surface area contributed by atoms with Crippen LogP contribution in [0.4, 0.5) is 11.4 Å². The second-order valence-corrected chi connectivity index (χ2v) is 4.73. The molecule has 0 amide bonds. The molecule has 0 aromatic heterocycles. The summed E-state index contributed by atoms with van der Waals surface area (Å²) in [6.45, 7) is 4.47. The minimum Gasteiger partial charge on any atom is -0.399 e. The van der Waals surface area contributed by atoms with Crippen LogP contribution >= 0.6 is 11.8 Å². The van der Waals surface area contributed by atoms with E-state index in [9.17, 15) is 4.79 Å². The van der Waals surface area contributed by atoms with E-state index in [1.807, 2.05) is 18.2 Å². The van der Waals surface area contributed by atoms with Crippen molar-refractivity contribution in [2.75, 3.05) is 17.2 Å². The Morgan fingerprint density at radius 3 is 2.94 bits per heavy atom. The number of hydrogen-bond donors (Lipinski definition) is 1. The van der Waals surface area contributed by atoms with Crippen molar-refractivity contribution < 1.29 is 4.79 Å². The van der Waals surface area contributed by atoms with Gasteiger partial charge in [-0.25, -0.2) is 0 Å². The highest BCUT2D eigenvalue weighted by Gasteiger charge is 2.24. The van der Waals surface area contributed by atoms with Crippen LogP contribution in [0.15, 0.2) is 34.2 Å². The normalized spacial score (nSPS) is 16.6. The van der Waals surface area contributed by atoms with Crippen LogP contribution in [0.1, 0.15) is 13.8 Å². The fourth-order valence-electron chi connectivity index (χ4n) is 1.73. The zero-order chi connectivity index (χ0) is 11.7. The number of thioether (sulfide) groups is 1. The molecule has 1 heterocycles. The van der Waals surface area contributed by atoms with E-state index in [1.165, 1.54) is 0 Å². The molecule has 2 rings (SSSR count). The lowest BCUT2D eigenvalue weighted by molar-refractivity contribution is -0.112. The van der Waals surface area contributed by atoms with Gasteiger partial charge < -0.3 is 10.6 Å². The maximum atomic E-state index is 11.1. The topological polar surface area (TPSA) is 46.3 Å². The molecule has 0 fully saturated rings. The van der Waals surface area contributed by atoms with Gasteiger partial charge in [0.2, 0.25) is 0 Å². The van der Waals surface area contributed by atoms with E-state index in [0.29, 0.717) is 0 Å². The first-order valence-corrected chi connectivity index (χ1v) is 6.00. The predicted molar refractivity (Wildman–Crippen MR) is 68.5 cm³/mol.